The molecule has 1 N–H and O–H groups in total. The van der Waals surface area contributed by atoms with E-state index >= 15 is 0 Å². The molecule has 0 aliphatic heterocycles. The van der Waals surface area contributed by atoms with Crippen molar-refractivity contribution in [2.75, 3.05) is 33.8 Å². The van der Waals surface area contributed by atoms with Crippen molar-refractivity contribution in [1.29, 1.82) is 0 Å². The summed E-state index contributed by atoms with van der Waals surface area (Å²) in [6.07, 6.45) is 3.11. The molecule has 1 heterocycles. The first-order chi connectivity index (χ1) is 13.6. The van der Waals surface area contributed by atoms with Gasteiger partial charge in [-0.05, 0) is 23.8 Å². The molecule has 2 aromatic carbocycles. The Labute approximate surface area is 166 Å². The highest BCUT2D eigenvalue weighted by molar-refractivity contribution is 7.22. The van der Waals surface area contributed by atoms with Crippen molar-refractivity contribution in [2.24, 2.45) is 0 Å². The van der Waals surface area contributed by atoms with Gasteiger partial charge in [0.1, 0.15) is 11.5 Å². The fourth-order valence-corrected chi connectivity index (χ4v) is 3.43. The van der Waals surface area contributed by atoms with Gasteiger partial charge in [0, 0.05) is 24.3 Å². The summed E-state index contributed by atoms with van der Waals surface area (Å²) < 4.78 is 21.9. The van der Waals surface area contributed by atoms with Gasteiger partial charge in [0.05, 0.1) is 38.7 Å². The van der Waals surface area contributed by atoms with Crippen LogP contribution in [0.25, 0.3) is 16.3 Å². The van der Waals surface area contributed by atoms with Crippen LogP contribution in [0.2, 0.25) is 0 Å². The van der Waals surface area contributed by atoms with Crippen molar-refractivity contribution in [3.63, 3.8) is 0 Å². The summed E-state index contributed by atoms with van der Waals surface area (Å²) in [5.74, 6) is 2.20. The number of thiazole rings is 1. The molecule has 0 unspecified atom stereocenters. The van der Waals surface area contributed by atoms with E-state index in [2.05, 4.69) is 10.3 Å². The van der Waals surface area contributed by atoms with E-state index in [4.69, 9.17) is 18.9 Å². The molecule has 3 rings (SSSR count). The number of rotatable bonds is 7. The van der Waals surface area contributed by atoms with Crippen molar-refractivity contribution in [3.05, 3.63) is 42.0 Å². The van der Waals surface area contributed by atoms with Crippen molar-refractivity contribution in [3.8, 4) is 23.0 Å². The monoisotopic (exact) mass is 400 g/mol. The fourth-order valence-electron chi connectivity index (χ4n) is 2.55. The first-order valence-corrected chi connectivity index (χ1v) is 9.12. The van der Waals surface area contributed by atoms with Crippen LogP contribution in [-0.2, 0) is 4.79 Å². The smallest absolute Gasteiger partial charge is 0.250 e. The minimum absolute atomic E-state index is 0.292. The zero-order valence-electron chi connectivity index (χ0n) is 15.9. The number of carbonyl (C=O) groups excluding carboxylic acids is 1. The summed E-state index contributed by atoms with van der Waals surface area (Å²) in [6.45, 7) is 0. The van der Waals surface area contributed by atoms with Crippen LogP contribution >= 0.6 is 11.3 Å². The minimum Gasteiger partial charge on any atom is -0.497 e. The molecule has 0 bridgehead atoms. The second-order valence-corrected chi connectivity index (χ2v) is 6.69. The van der Waals surface area contributed by atoms with Gasteiger partial charge in [-0.25, -0.2) is 4.98 Å². The first-order valence-electron chi connectivity index (χ1n) is 8.31. The molecule has 7 nitrogen and oxygen atoms in total. The lowest BCUT2D eigenvalue weighted by Crippen LogP contribution is -2.07. The minimum atomic E-state index is -0.292. The van der Waals surface area contributed by atoms with E-state index < -0.39 is 0 Å². The lowest BCUT2D eigenvalue weighted by molar-refractivity contribution is -0.111. The number of amides is 1. The van der Waals surface area contributed by atoms with Gasteiger partial charge in [0.25, 0.3) is 0 Å². The zero-order chi connectivity index (χ0) is 20.1. The Balaban J connectivity index is 1.77. The Kier molecular flexibility index (Phi) is 6.00. The maximum absolute atomic E-state index is 12.3. The Morgan fingerprint density at radius 2 is 1.57 bits per heavy atom. The number of carbonyl (C=O) groups is 1. The topological polar surface area (TPSA) is 78.9 Å². The summed E-state index contributed by atoms with van der Waals surface area (Å²) in [4.78, 5) is 16.7. The molecule has 8 heteroatoms. The second-order valence-electron chi connectivity index (χ2n) is 5.66. The predicted octanol–water partition coefficient (Wildman–Crippen LogP) is 3.98. The van der Waals surface area contributed by atoms with Crippen molar-refractivity contribution in [1.82, 2.24) is 4.98 Å². The number of fused-ring (bicyclic) bond motifs is 1. The van der Waals surface area contributed by atoms with Gasteiger partial charge in [-0.1, -0.05) is 11.3 Å². The molecule has 146 valence electrons. The van der Waals surface area contributed by atoms with Gasteiger partial charge in [-0.2, -0.15) is 0 Å². The second kappa shape index (κ2) is 8.62. The van der Waals surface area contributed by atoms with E-state index in [1.54, 1.807) is 46.6 Å². The summed E-state index contributed by atoms with van der Waals surface area (Å²) in [6, 6.07) is 8.99. The van der Waals surface area contributed by atoms with Crippen LogP contribution in [0, 0.1) is 0 Å². The zero-order valence-corrected chi connectivity index (χ0v) is 16.8. The third kappa shape index (κ3) is 4.34. The van der Waals surface area contributed by atoms with Gasteiger partial charge < -0.3 is 18.9 Å². The highest BCUT2D eigenvalue weighted by atomic mass is 32.1. The average Bonchev–Trinajstić information content (AvgIpc) is 3.11. The van der Waals surface area contributed by atoms with Crippen molar-refractivity contribution < 1.29 is 23.7 Å². The number of methoxy groups -OCH3 is 4. The maximum Gasteiger partial charge on any atom is 0.250 e. The average molecular weight is 400 g/mol. The quantitative estimate of drug-likeness (QED) is 0.605. The lowest BCUT2D eigenvalue weighted by Gasteiger charge is -2.05. The molecular weight excluding hydrogens is 380 g/mol. The molecule has 1 amide bonds. The maximum atomic E-state index is 12.3. The third-order valence-corrected chi connectivity index (χ3v) is 4.86. The molecule has 0 atom stereocenters. The first kappa shape index (κ1) is 19.5. The molecule has 3 aromatic rings. The van der Waals surface area contributed by atoms with Gasteiger partial charge >= 0.3 is 0 Å². The van der Waals surface area contributed by atoms with E-state index in [1.165, 1.54) is 17.4 Å². The standard InChI is InChI=1S/C20H20N2O5S/c1-24-13-7-12(8-14(9-13)25-2)5-6-19(23)22-20-21-15-10-16(26-3)17(27-4)11-18(15)28-20/h5-11H,1-4H3,(H,21,22,23)/b6-5+. The fraction of sp³-hybridized carbons (Fsp3) is 0.200. The molecular formula is C20H20N2O5S. The van der Waals surface area contributed by atoms with Gasteiger partial charge in [-0.15, -0.1) is 0 Å². The number of hydrogen-bond donors (Lipinski definition) is 1. The van der Waals surface area contributed by atoms with Crippen molar-refractivity contribution in [2.45, 2.75) is 0 Å². The van der Waals surface area contributed by atoms with Crippen LogP contribution in [-0.4, -0.2) is 39.3 Å². The van der Waals surface area contributed by atoms with Gasteiger partial charge in [0.2, 0.25) is 5.91 Å². The van der Waals surface area contributed by atoms with Crippen LogP contribution in [0.15, 0.2) is 36.4 Å². The Hall–Kier alpha value is -3.26. The summed E-state index contributed by atoms with van der Waals surface area (Å²) in [7, 11) is 6.29. The van der Waals surface area contributed by atoms with Crippen LogP contribution in [0.4, 0.5) is 5.13 Å². The number of ether oxygens (including phenoxy) is 4. The molecule has 0 spiro atoms. The van der Waals surface area contributed by atoms with E-state index in [0.29, 0.717) is 28.1 Å². The number of hydrogen-bond acceptors (Lipinski definition) is 7. The van der Waals surface area contributed by atoms with Gasteiger partial charge in [0.15, 0.2) is 16.6 Å². The molecule has 0 radical (unpaired) electrons. The van der Waals surface area contributed by atoms with E-state index in [1.807, 2.05) is 18.2 Å². The van der Waals surface area contributed by atoms with E-state index in [9.17, 15) is 4.79 Å². The molecule has 1 aromatic heterocycles. The SMILES string of the molecule is COc1cc(/C=C/C(=O)Nc2nc3cc(OC)c(OC)cc3s2)cc(OC)c1. The molecule has 28 heavy (non-hydrogen) atoms. The molecule has 0 aliphatic rings. The molecule has 0 saturated carbocycles. The Morgan fingerprint density at radius 1 is 0.929 bits per heavy atom. The number of nitrogens with one attached hydrogen (secondary N) is 1. The van der Waals surface area contributed by atoms with Crippen molar-refractivity contribution >= 4 is 38.7 Å². The highest BCUT2D eigenvalue weighted by Crippen LogP contribution is 2.36. The number of benzene rings is 2. The Bertz CT molecular complexity index is 966. The molecule has 0 fully saturated rings. The number of anilines is 1. The number of aromatic nitrogens is 1. The van der Waals surface area contributed by atoms with E-state index in [-0.39, 0.29) is 5.91 Å². The highest BCUT2D eigenvalue weighted by Gasteiger charge is 2.11. The van der Waals surface area contributed by atoms with Gasteiger partial charge in [-0.3, -0.25) is 10.1 Å². The summed E-state index contributed by atoms with van der Waals surface area (Å²) in [5, 5.41) is 3.26. The van der Waals surface area contributed by atoms with E-state index in [0.717, 1.165) is 15.8 Å². The van der Waals surface area contributed by atoms with Crippen LogP contribution in [0.3, 0.4) is 0 Å². The summed E-state index contributed by atoms with van der Waals surface area (Å²) in [5.41, 5.74) is 1.50. The largest absolute Gasteiger partial charge is 0.497 e. The number of nitrogens with zero attached hydrogens (tertiary/aromatic N) is 1. The normalized spacial score (nSPS) is 10.9. The third-order valence-electron chi connectivity index (χ3n) is 3.92. The Morgan fingerprint density at radius 3 is 2.18 bits per heavy atom. The van der Waals surface area contributed by atoms with Crippen LogP contribution in [0.1, 0.15) is 5.56 Å². The molecule has 0 saturated heterocycles. The predicted molar refractivity (Wildman–Crippen MR) is 110 cm³/mol. The van der Waals surface area contributed by atoms with Crippen LogP contribution < -0.4 is 24.3 Å². The lowest BCUT2D eigenvalue weighted by atomic mass is 10.2. The summed E-state index contributed by atoms with van der Waals surface area (Å²) >= 11 is 1.36. The molecule has 0 aliphatic carbocycles. The van der Waals surface area contributed by atoms with Crippen LogP contribution in [0.5, 0.6) is 23.0 Å².